The van der Waals surface area contributed by atoms with Crippen LogP contribution in [-0.2, 0) is 16.6 Å². The molecule has 0 radical (unpaired) electrons. The molecule has 0 aromatic carbocycles. The second kappa shape index (κ2) is 8.34. The van der Waals surface area contributed by atoms with Crippen molar-refractivity contribution in [3.05, 3.63) is 23.9 Å². The SMILES string of the molecule is CCCCCC(C)NS(=O)(=O)c1ccc(CNC)cn1. The third kappa shape index (κ3) is 5.56. The van der Waals surface area contributed by atoms with Gasteiger partial charge in [0.1, 0.15) is 0 Å². The summed E-state index contributed by atoms with van der Waals surface area (Å²) < 4.78 is 27.0. The summed E-state index contributed by atoms with van der Waals surface area (Å²) in [5, 5.41) is 3.08. The molecule has 2 N–H and O–H groups in total. The van der Waals surface area contributed by atoms with E-state index in [2.05, 4.69) is 21.9 Å². The molecule has 0 aliphatic heterocycles. The van der Waals surface area contributed by atoms with Gasteiger partial charge < -0.3 is 5.32 Å². The van der Waals surface area contributed by atoms with Gasteiger partial charge in [0, 0.05) is 18.8 Å². The topological polar surface area (TPSA) is 71.1 Å². The molecule has 0 spiro atoms. The first-order valence-electron chi connectivity index (χ1n) is 7.11. The predicted octanol–water partition coefficient (Wildman–Crippen LogP) is 2.05. The number of pyridine rings is 1. The minimum atomic E-state index is -3.51. The maximum absolute atomic E-state index is 12.2. The Bertz CT molecular complexity index is 486. The highest BCUT2D eigenvalue weighted by molar-refractivity contribution is 7.89. The summed E-state index contributed by atoms with van der Waals surface area (Å²) in [7, 11) is -1.67. The Morgan fingerprint density at radius 3 is 2.60 bits per heavy atom. The lowest BCUT2D eigenvalue weighted by atomic mass is 10.1. The Hall–Kier alpha value is -0.980. The van der Waals surface area contributed by atoms with E-state index < -0.39 is 10.0 Å². The van der Waals surface area contributed by atoms with Crippen LogP contribution < -0.4 is 10.0 Å². The average molecular weight is 299 g/mol. The van der Waals surface area contributed by atoms with Crippen LogP contribution >= 0.6 is 0 Å². The second-order valence-corrected chi connectivity index (χ2v) is 6.71. The Labute approximate surface area is 122 Å². The van der Waals surface area contributed by atoms with Crippen molar-refractivity contribution < 1.29 is 8.42 Å². The zero-order valence-corrected chi connectivity index (χ0v) is 13.3. The fourth-order valence-electron chi connectivity index (χ4n) is 1.96. The number of aromatic nitrogens is 1. The van der Waals surface area contributed by atoms with E-state index >= 15 is 0 Å². The summed E-state index contributed by atoms with van der Waals surface area (Å²) in [6.07, 6.45) is 5.74. The molecule has 20 heavy (non-hydrogen) atoms. The van der Waals surface area contributed by atoms with Gasteiger partial charge in [0.15, 0.2) is 5.03 Å². The lowest BCUT2D eigenvalue weighted by molar-refractivity contribution is 0.525. The fraction of sp³-hybridized carbons (Fsp3) is 0.643. The van der Waals surface area contributed by atoms with E-state index in [1.54, 1.807) is 18.3 Å². The lowest BCUT2D eigenvalue weighted by Gasteiger charge is -2.13. The summed E-state index contributed by atoms with van der Waals surface area (Å²) in [6.45, 7) is 4.70. The van der Waals surface area contributed by atoms with Crippen molar-refractivity contribution in [2.45, 2.75) is 57.1 Å². The summed E-state index contributed by atoms with van der Waals surface area (Å²) in [4.78, 5) is 4.03. The highest BCUT2D eigenvalue weighted by Crippen LogP contribution is 2.10. The van der Waals surface area contributed by atoms with E-state index in [-0.39, 0.29) is 11.1 Å². The molecule has 1 unspecified atom stereocenters. The summed E-state index contributed by atoms with van der Waals surface area (Å²) in [6, 6.07) is 3.26. The van der Waals surface area contributed by atoms with Crippen LogP contribution in [0.4, 0.5) is 0 Å². The molecule has 0 amide bonds. The monoisotopic (exact) mass is 299 g/mol. The Kier molecular flexibility index (Phi) is 7.12. The highest BCUT2D eigenvalue weighted by atomic mass is 32.2. The van der Waals surface area contributed by atoms with Gasteiger partial charge in [0.2, 0.25) is 0 Å². The molecule has 5 nitrogen and oxygen atoms in total. The molecule has 0 bridgehead atoms. The van der Waals surface area contributed by atoms with Gasteiger partial charge in [0.05, 0.1) is 0 Å². The van der Waals surface area contributed by atoms with Crippen LogP contribution in [0.3, 0.4) is 0 Å². The number of nitrogens with one attached hydrogen (secondary N) is 2. The first-order valence-corrected chi connectivity index (χ1v) is 8.59. The molecule has 1 heterocycles. The summed E-state index contributed by atoms with van der Waals surface area (Å²) in [5.41, 5.74) is 0.961. The molecule has 1 rings (SSSR count). The number of sulfonamides is 1. The molecule has 1 aromatic heterocycles. The quantitative estimate of drug-likeness (QED) is 0.685. The van der Waals surface area contributed by atoms with Crippen molar-refractivity contribution in [1.82, 2.24) is 15.0 Å². The Balaban J connectivity index is 2.63. The van der Waals surface area contributed by atoms with E-state index in [0.717, 1.165) is 31.2 Å². The third-order valence-electron chi connectivity index (χ3n) is 3.05. The Morgan fingerprint density at radius 1 is 1.30 bits per heavy atom. The molecule has 0 aliphatic carbocycles. The van der Waals surface area contributed by atoms with Crippen molar-refractivity contribution in [2.24, 2.45) is 0 Å². The molecule has 6 heteroatoms. The van der Waals surface area contributed by atoms with Crippen molar-refractivity contribution in [1.29, 1.82) is 0 Å². The molecule has 0 aliphatic rings. The van der Waals surface area contributed by atoms with Crippen LogP contribution in [0, 0.1) is 0 Å². The second-order valence-electron chi connectivity index (χ2n) is 5.05. The number of hydrogen-bond donors (Lipinski definition) is 2. The van der Waals surface area contributed by atoms with Crippen molar-refractivity contribution >= 4 is 10.0 Å². The van der Waals surface area contributed by atoms with Crippen molar-refractivity contribution in [2.75, 3.05) is 7.05 Å². The molecular weight excluding hydrogens is 274 g/mol. The largest absolute Gasteiger partial charge is 0.316 e. The molecule has 0 fully saturated rings. The molecule has 1 aromatic rings. The van der Waals surface area contributed by atoms with Crippen LogP contribution in [0.1, 0.15) is 45.1 Å². The van der Waals surface area contributed by atoms with Gasteiger partial charge in [-0.2, -0.15) is 0 Å². The summed E-state index contributed by atoms with van der Waals surface area (Å²) >= 11 is 0. The maximum atomic E-state index is 12.2. The minimum Gasteiger partial charge on any atom is -0.316 e. The molecule has 114 valence electrons. The van der Waals surface area contributed by atoms with E-state index in [1.807, 2.05) is 14.0 Å². The number of rotatable bonds is 9. The zero-order chi connectivity index (χ0) is 15.0. The third-order valence-corrected chi connectivity index (χ3v) is 4.56. The van der Waals surface area contributed by atoms with E-state index in [0.29, 0.717) is 6.54 Å². The fourth-order valence-corrected chi connectivity index (χ4v) is 3.17. The number of hydrogen-bond acceptors (Lipinski definition) is 4. The Morgan fingerprint density at radius 2 is 2.05 bits per heavy atom. The normalized spacial score (nSPS) is 13.3. The predicted molar refractivity (Wildman–Crippen MR) is 80.9 cm³/mol. The van der Waals surface area contributed by atoms with Gasteiger partial charge in [-0.15, -0.1) is 0 Å². The maximum Gasteiger partial charge on any atom is 0.258 e. The molecule has 1 atom stereocenters. The van der Waals surface area contributed by atoms with Gasteiger partial charge in [0.25, 0.3) is 10.0 Å². The van der Waals surface area contributed by atoms with Crippen LogP contribution in [-0.4, -0.2) is 26.5 Å². The van der Waals surface area contributed by atoms with Crippen LogP contribution in [0.25, 0.3) is 0 Å². The van der Waals surface area contributed by atoms with E-state index in [9.17, 15) is 8.42 Å². The van der Waals surface area contributed by atoms with Gasteiger partial charge >= 0.3 is 0 Å². The molecule has 0 saturated heterocycles. The van der Waals surface area contributed by atoms with Gasteiger partial charge in [-0.25, -0.2) is 18.1 Å². The first-order chi connectivity index (χ1) is 9.49. The number of nitrogens with zero attached hydrogens (tertiary/aromatic N) is 1. The van der Waals surface area contributed by atoms with E-state index in [1.165, 1.54) is 0 Å². The smallest absolute Gasteiger partial charge is 0.258 e. The van der Waals surface area contributed by atoms with Crippen LogP contribution in [0.15, 0.2) is 23.4 Å². The number of unbranched alkanes of at least 4 members (excludes halogenated alkanes) is 2. The standard InChI is InChI=1S/C14H25N3O2S/c1-4-5-6-7-12(2)17-20(18,19)14-9-8-13(10-15-3)11-16-14/h8-9,11-12,15,17H,4-7,10H2,1-3H3. The molecular formula is C14H25N3O2S. The first kappa shape index (κ1) is 17.1. The summed E-state index contributed by atoms with van der Waals surface area (Å²) in [5.74, 6) is 0. The average Bonchev–Trinajstić information content (AvgIpc) is 2.39. The zero-order valence-electron chi connectivity index (χ0n) is 12.5. The van der Waals surface area contributed by atoms with Crippen LogP contribution in [0.5, 0.6) is 0 Å². The van der Waals surface area contributed by atoms with Crippen molar-refractivity contribution in [3.8, 4) is 0 Å². The van der Waals surface area contributed by atoms with Gasteiger partial charge in [-0.1, -0.05) is 32.3 Å². The van der Waals surface area contributed by atoms with Crippen LogP contribution in [0.2, 0.25) is 0 Å². The van der Waals surface area contributed by atoms with E-state index in [4.69, 9.17) is 0 Å². The minimum absolute atomic E-state index is 0.0645. The lowest BCUT2D eigenvalue weighted by Crippen LogP contribution is -2.33. The molecule has 0 saturated carbocycles. The van der Waals surface area contributed by atoms with Gasteiger partial charge in [-0.05, 0) is 32.0 Å². The highest BCUT2D eigenvalue weighted by Gasteiger charge is 2.18. The van der Waals surface area contributed by atoms with Crippen molar-refractivity contribution in [3.63, 3.8) is 0 Å². The van der Waals surface area contributed by atoms with Gasteiger partial charge in [-0.3, -0.25) is 0 Å².